The number of hydrogen-bond acceptors (Lipinski definition) is 5. The van der Waals surface area contributed by atoms with Crippen LogP contribution < -0.4 is 4.31 Å². The third kappa shape index (κ3) is 5.00. The first-order valence-electron chi connectivity index (χ1n) is 9.72. The second-order valence-corrected chi connectivity index (χ2v) is 9.64. The van der Waals surface area contributed by atoms with Crippen LogP contribution in [0.1, 0.15) is 31.8 Å². The van der Waals surface area contributed by atoms with E-state index in [1.807, 2.05) is 19.1 Å². The third-order valence-corrected chi connectivity index (χ3v) is 7.07. The lowest BCUT2D eigenvalue weighted by Crippen LogP contribution is -2.26. The summed E-state index contributed by atoms with van der Waals surface area (Å²) in [4.78, 5) is 25.0. The van der Waals surface area contributed by atoms with E-state index >= 15 is 0 Å². The largest absolute Gasteiger partial charge is 0.454 e. The molecule has 0 saturated heterocycles. The minimum atomic E-state index is -3.95. The van der Waals surface area contributed by atoms with E-state index < -0.39 is 22.6 Å². The molecule has 0 N–H and O–H groups in total. The Hall–Kier alpha value is -3.16. The van der Waals surface area contributed by atoms with Gasteiger partial charge in [-0.1, -0.05) is 47.5 Å². The van der Waals surface area contributed by atoms with Gasteiger partial charge in [0, 0.05) is 12.6 Å². The minimum Gasteiger partial charge on any atom is -0.454 e. The van der Waals surface area contributed by atoms with Crippen LogP contribution >= 0.6 is 11.6 Å². The van der Waals surface area contributed by atoms with Crippen molar-refractivity contribution >= 4 is 39.1 Å². The Morgan fingerprint density at radius 2 is 1.62 bits per heavy atom. The number of rotatable bonds is 7. The van der Waals surface area contributed by atoms with Crippen molar-refractivity contribution in [3.63, 3.8) is 0 Å². The maximum atomic E-state index is 13.0. The fourth-order valence-electron chi connectivity index (χ4n) is 3.08. The maximum Gasteiger partial charge on any atom is 0.340 e. The predicted molar refractivity (Wildman–Crippen MR) is 124 cm³/mol. The van der Waals surface area contributed by atoms with Gasteiger partial charge in [0.05, 0.1) is 21.2 Å². The average molecular weight is 472 g/mol. The van der Waals surface area contributed by atoms with Crippen LogP contribution in [0.2, 0.25) is 5.02 Å². The van der Waals surface area contributed by atoms with Crippen molar-refractivity contribution < 1.29 is 22.7 Å². The first kappa shape index (κ1) is 23.5. The van der Waals surface area contributed by atoms with E-state index in [1.54, 1.807) is 43.3 Å². The highest BCUT2D eigenvalue weighted by Crippen LogP contribution is 2.26. The number of Topliss-reactive ketones (excluding diaryl/α,β-unsaturated/α-hetero) is 1. The van der Waals surface area contributed by atoms with E-state index in [2.05, 4.69) is 0 Å². The Morgan fingerprint density at radius 1 is 0.938 bits per heavy atom. The molecule has 0 amide bonds. The lowest BCUT2D eigenvalue weighted by atomic mass is 10.0. The molecular formula is C24H22ClNO5S. The summed E-state index contributed by atoms with van der Waals surface area (Å²) in [7, 11) is -2.53. The van der Waals surface area contributed by atoms with E-state index in [9.17, 15) is 18.0 Å². The fraction of sp³-hybridized carbons (Fsp3) is 0.167. The second-order valence-electron chi connectivity index (χ2n) is 7.27. The lowest BCUT2D eigenvalue weighted by Gasteiger charge is -2.20. The molecule has 0 fully saturated rings. The van der Waals surface area contributed by atoms with Crippen molar-refractivity contribution in [2.45, 2.75) is 18.7 Å². The van der Waals surface area contributed by atoms with Gasteiger partial charge >= 0.3 is 5.97 Å². The van der Waals surface area contributed by atoms with Gasteiger partial charge in [0.25, 0.3) is 10.0 Å². The molecule has 0 aliphatic carbocycles. The number of sulfonamides is 1. The van der Waals surface area contributed by atoms with Crippen LogP contribution in [0.25, 0.3) is 0 Å². The zero-order valence-electron chi connectivity index (χ0n) is 17.8. The highest BCUT2D eigenvalue weighted by Gasteiger charge is 2.24. The van der Waals surface area contributed by atoms with Crippen molar-refractivity contribution in [1.82, 2.24) is 0 Å². The molecule has 32 heavy (non-hydrogen) atoms. The van der Waals surface area contributed by atoms with Gasteiger partial charge < -0.3 is 4.74 Å². The number of anilines is 1. The maximum absolute atomic E-state index is 13.0. The Morgan fingerprint density at radius 3 is 2.31 bits per heavy atom. The summed E-state index contributed by atoms with van der Waals surface area (Å²) in [6, 6.07) is 17.7. The van der Waals surface area contributed by atoms with Gasteiger partial charge in [0.1, 0.15) is 0 Å². The van der Waals surface area contributed by atoms with Gasteiger partial charge in [0.2, 0.25) is 5.78 Å². The second kappa shape index (κ2) is 9.54. The van der Waals surface area contributed by atoms with Crippen LogP contribution in [0, 0.1) is 13.8 Å². The van der Waals surface area contributed by atoms with Crippen LogP contribution in [0.5, 0.6) is 0 Å². The van der Waals surface area contributed by atoms with Crippen molar-refractivity contribution in [3.05, 3.63) is 94.0 Å². The zero-order chi connectivity index (χ0) is 23.5. The number of benzene rings is 3. The van der Waals surface area contributed by atoms with Crippen LogP contribution in [-0.2, 0) is 14.8 Å². The molecule has 0 radical (unpaired) electrons. The molecule has 0 aliphatic heterocycles. The molecule has 0 aromatic heterocycles. The van der Waals surface area contributed by atoms with Gasteiger partial charge in [-0.15, -0.1) is 0 Å². The smallest absolute Gasteiger partial charge is 0.340 e. The number of esters is 1. The van der Waals surface area contributed by atoms with Gasteiger partial charge in [0.15, 0.2) is 6.61 Å². The van der Waals surface area contributed by atoms with E-state index in [1.165, 1.54) is 19.2 Å². The van der Waals surface area contributed by atoms with E-state index in [0.29, 0.717) is 11.3 Å². The molecule has 8 heteroatoms. The summed E-state index contributed by atoms with van der Waals surface area (Å²) in [6.07, 6.45) is 0. The van der Waals surface area contributed by atoms with Gasteiger partial charge in [-0.05, 0) is 55.8 Å². The van der Waals surface area contributed by atoms with E-state index in [4.69, 9.17) is 16.3 Å². The number of ether oxygens (including phenoxy) is 1. The Labute approximate surface area is 192 Å². The minimum absolute atomic E-state index is 0.0236. The summed E-state index contributed by atoms with van der Waals surface area (Å²) in [5.41, 5.74) is 2.47. The first-order valence-corrected chi connectivity index (χ1v) is 11.5. The van der Waals surface area contributed by atoms with Gasteiger partial charge in [-0.25, -0.2) is 13.2 Å². The monoisotopic (exact) mass is 471 g/mol. The quantitative estimate of drug-likeness (QED) is 0.364. The normalized spacial score (nSPS) is 11.1. The van der Waals surface area contributed by atoms with Crippen molar-refractivity contribution in [2.75, 3.05) is 18.0 Å². The van der Waals surface area contributed by atoms with Crippen LogP contribution in [0.15, 0.2) is 71.6 Å². The molecule has 0 spiro atoms. The van der Waals surface area contributed by atoms with Crippen molar-refractivity contribution in [1.29, 1.82) is 0 Å². The summed E-state index contributed by atoms with van der Waals surface area (Å²) < 4.78 is 32.3. The number of nitrogens with zero attached hydrogens (tertiary/aromatic N) is 1. The van der Waals surface area contributed by atoms with E-state index in [0.717, 1.165) is 21.5 Å². The summed E-state index contributed by atoms with van der Waals surface area (Å²) >= 11 is 6.12. The lowest BCUT2D eigenvalue weighted by molar-refractivity contribution is 0.0474. The Kier molecular flexibility index (Phi) is 7.01. The molecule has 166 valence electrons. The number of aryl methyl sites for hydroxylation is 2. The molecule has 0 aliphatic rings. The predicted octanol–water partition coefficient (Wildman–Crippen LogP) is 4.82. The van der Waals surface area contributed by atoms with Crippen LogP contribution in [-0.4, -0.2) is 33.8 Å². The zero-order valence-corrected chi connectivity index (χ0v) is 19.4. The van der Waals surface area contributed by atoms with Crippen LogP contribution in [0.3, 0.4) is 0 Å². The summed E-state index contributed by atoms with van der Waals surface area (Å²) in [6.45, 7) is 3.17. The molecule has 3 aromatic rings. The molecule has 3 rings (SSSR count). The molecule has 0 saturated carbocycles. The molecule has 0 heterocycles. The molecule has 0 bridgehead atoms. The molecule has 3 aromatic carbocycles. The van der Waals surface area contributed by atoms with Crippen molar-refractivity contribution in [3.8, 4) is 0 Å². The highest BCUT2D eigenvalue weighted by molar-refractivity contribution is 7.92. The summed E-state index contributed by atoms with van der Waals surface area (Å²) in [5, 5.41) is 0.0236. The average Bonchev–Trinajstić information content (AvgIpc) is 2.79. The number of hydrogen-bond donors (Lipinski definition) is 0. The number of para-hydroxylation sites is 1. The Bertz CT molecular complexity index is 1270. The topological polar surface area (TPSA) is 80.8 Å². The van der Waals surface area contributed by atoms with E-state index in [-0.39, 0.29) is 21.3 Å². The highest BCUT2D eigenvalue weighted by atomic mass is 35.5. The number of ketones is 1. The first-order chi connectivity index (χ1) is 15.1. The summed E-state index contributed by atoms with van der Waals surface area (Å²) in [5.74, 6) is -1.24. The number of halogens is 1. The molecular weight excluding hydrogens is 450 g/mol. The molecule has 0 unspecified atom stereocenters. The molecule has 0 atom stereocenters. The SMILES string of the molecule is Cc1ccc(C)c(C(=O)COC(=O)c2cc(S(=O)(=O)N(C)c3ccccc3)ccc2Cl)c1. The van der Waals surface area contributed by atoms with Crippen molar-refractivity contribution in [2.24, 2.45) is 0 Å². The standard InChI is InChI=1S/C24H22ClNO5S/c1-16-9-10-17(2)20(13-16)23(27)15-31-24(28)21-14-19(11-12-22(21)25)32(29,30)26(3)18-7-5-4-6-8-18/h4-14H,15H2,1-3H3. The number of carbonyl (C=O) groups excluding carboxylic acids is 2. The van der Waals surface area contributed by atoms with Gasteiger partial charge in [-0.3, -0.25) is 9.10 Å². The fourth-order valence-corrected chi connectivity index (χ4v) is 4.50. The molecule has 6 nitrogen and oxygen atoms in total. The number of carbonyl (C=O) groups is 2. The Balaban J connectivity index is 1.81. The van der Waals surface area contributed by atoms with Gasteiger partial charge in [-0.2, -0.15) is 0 Å². The third-order valence-electron chi connectivity index (χ3n) is 4.96. The van der Waals surface area contributed by atoms with Crippen LogP contribution in [0.4, 0.5) is 5.69 Å².